The molecule has 1 unspecified atom stereocenters. The second-order valence-electron chi connectivity index (χ2n) is 9.07. The molecule has 32 heavy (non-hydrogen) atoms. The number of rotatable bonds is 10. The molecule has 0 radical (unpaired) electrons. The van der Waals surface area contributed by atoms with Crippen LogP contribution in [-0.2, 0) is 19.3 Å². The van der Waals surface area contributed by atoms with Gasteiger partial charge in [-0.3, -0.25) is 0 Å². The third-order valence-corrected chi connectivity index (χ3v) is 6.73. The Morgan fingerprint density at radius 1 is 0.906 bits per heavy atom. The van der Waals surface area contributed by atoms with Crippen LogP contribution in [0.1, 0.15) is 67.2 Å². The lowest BCUT2D eigenvalue weighted by Gasteiger charge is -2.26. The first-order chi connectivity index (χ1) is 15.8. The molecule has 1 heteroatoms. The van der Waals surface area contributed by atoms with Crippen LogP contribution in [0.2, 0.25) is 0 Å². The number of benzene rings is 3. The highest BCUT2D eigenvalue weighted by Crippen LogP contribution is 2.35. The standard InChI is InChI=1S/C31H36O/c1-3-5-7-8-24-9-11-25(12-10-24)27-13-15-30-23-28(14-16-29(30)22-27)26-17-19-31(20-18-26)32-21-6-4-2/h4,9-12,14,16-20,23,27H,2-3,5-8,13,15,21-22H2,1H3. The van der Waals surface area contributed by atoms with E-state index < -0.39 is 0 Å². The van der Waals surface area contributed by atoms with Crippen LogP contribution in [0.15, 0.2) is 79.4 Å². The number of hydrogen-bond acceptors (Lipinski definition) is 1. The van der Waals surface area contributed by atoms with E-state index in [0.29, 0.717) is 12.5 Å². The Bertz CT molecular complexity index is 998. The van der Waals surface area contributed by atoms with Crippen molar-refractivity contribution < 1.29 is 4.74 Å². The Hall–Kier alpha value is -2.80. The number of aryl methyl sites for hydroxylation is 2. The Morgan fingerprint density at radius 2 is 1.69 bits per heavy atom. The average molecular weight is 425 g/mol. The van der Waals surface area contributed by atoms with Crippen molar-refractivity contribution in [1.29, 1.82) is 0 Å². The van der Waals surface area contributed by atoms with E-state index in [0.717, 1.165) is 25.0 Å². The quantitative estimate of drug-likeness (QED) is 0.235. The van der Waals surface area contributed by atoms with Crippen molar-refractivity contribution in [3.8, 4) is 16.9 Å². The Kier molecular flexibility index (Phi) is 7.82. The van der Waals surface area contributed by atoms with Crippen molar-refractivity contribution in [2.45, 2.75) is 64.2 Å². The molecule has 3 aromatic carbocycles. The van der Waals surface area contributed by atoms with Crippen molar-refractivity contribution in [2.75, 3.05) is 6.61 Å². The maximum absolute atomic E-state index is 5.74. The summed E-state index contributed by atoms with van der Waals surface area (Å²) in [6, 6.07) is 25.0. The normalized spacial score (nSPS) is 15.2. The molecule has 0 aromatic heterocycles. The van der Waals surface area contributed by atoms with E-state index in [-0.39, 0.29) is 0 Å². The SMILES string of the molecule is C=CCCOc1ccc(-c2ccc3c(c2)CCC(c2ccc(CCCCC)cc2)C3)cc1. The second-order valence-corrected chi connectivity index (χ2v) is 9.07. The minimum Gasteiger partial charge on any atom is -0.493 e. The van der Waals surface area contributed by atoms with Crippen LogP contribution in [0.4, 0.5) is 0 Å². The first-order valence-corrected chi connectivity index (χ1v) is 12.3. The highest BCUT2D eigenvalue weighted by molar-refractivity contribution is 5.66. The minimum atomic E-state index is 0.644. The van der Waals surface area contributed by atoms with E-state index in [2.05, 4.69) is 80.2 Å². The van der Waals surface area contributed by atoms with E-state index in [4.69, 9.17) is 4.74 Å². The van der Waals surface area contributed by atoms with Crippen LogP contribution in [-0.4, -0.2) is 6.61 Å². The first kappa shape index (κ1) is 22.4. The van der Waals surface area contributed by atoms with E-state index in [1.165, 1.54) is 65.5 Å². The molecule has 1 aliphatic carbocycles. The molecule has 3 aromatic rings. The Labute approximate surface area is 194 Å². The van der Waals surface area contributed by atoms with Gasteiger partial charge in [-0.2, -0.15) is 0 Å². The molecule has 166 valence electrons. The topological polar surface area (TPSA) is 9.23 Å². The van der Waals surface area contributed by atoms with E-state index >= 15 is 0 Å². The maximum Gasteiger partial charge on any atom is 0.119 e. The summed E-state index contributed by atoms with van der Waals surface area (Å²) in [6.45, 7) is 6.69. The van der Waals surface area contributed by atoms with Crippen LogP contribution < -0.4 is 4.74 Å². The molecule has 0 saturated heterocycles. The molecule has 0 spiro atoms. The molecule has 4 rings (SSSR count). The monoisotopic (exact) mass is 424 g/mol. The zero-order valence-electron chi connectivity index (χ0n) is 19.5. The molecule has 0 aliphatic heterocycles. The lowest BCUT2D eigenvalue weighted by atomic mass is 9.79. The number of hydrogen-bond donors (Lipinski definition) is 0. The zero-order valence-corrected chi connectivity index (χ0v) is 19.5. The summed E-state index contributed by atoms with van der Waals surface area (Å²) in [4.78, 5) is 0. The van der Waals surface area contributed by atoms with Crippen molar-refractivity contribution in [1.82, 2.24) is 0 Å². The third kappa shape index (κ3) is 5.71. The summed E-state index contributed by atoms with van der Waals surface area (Å²) in [6.07, 6.45) is 11.4. The van der Waals surface area contributed by atoms with Gasteiger partial charge in [-0.25, -0.2) is 0 Å². The van der Waals surface area contributed by atoms with Crippen molar-refractivity contribution in [3.05, 3.63) is 102 Å². The Morgan fingerprint density at radius 3 is 2.44 bits per heavy atom. The summed E-state index contributed by atoms with van der Waals surface area (Å²) in [5, 5.41) is 0. The van der Waals surface area contributed by atoms with Crippen molar-refractivity contribution in [2.24, 2.45) is 0 Å². The number of fused-ring (bicyclic) bond motifs is 1. The van der Waals surface area contributed by atoms with E-state index in [9.17, 15) is 0 Å². The molecular weight excluding hydrogens is 388 g/mol. The van der Waals surface area contributed by atoms with Crippen molar-refractivity contribution >= 4 is 0 Å². The summed E-state index contributed by atoms with van der Waals surface area (Å²) in [5.41, 5.74) is 8.58. The summed E-state index contributed by atoms with van der Waals surface area (Å²) < 4.78 is 5.74. The first-order valence-electron chi connectivity index (χ1n) is 12.3. The fourth-order valence-corrected chi connectivity index (χ4v) is 4.76. The summed E-state index contributed by atoms with van der Waals surface area (Å²) in [7, 11) is 0. The fraction of sp³-hybridized carbons (Fsp3) is 0.355. The van der Waals surface area contributed by atoms with Gasteiger partial charge in [-0.1, -0.05) is 80.4 Å². The highest BCUT2D eigenvalue weighted by atomic mass is 16.5. The Balaban J connectivity index is 1.39. The van der Waals surface area contributed by atoms with Gasteiger partial charge in [0.15, 0.2) is 0 Å². The van der Waals surface area contributed by atoms with Gasteiger partial charge in [0.25, 0.3) is 0 Å². The molecule has 0 amide bonds. The van der Waals surface area contributed by atoms with Crippen LogP contribution in [0, 0.1) is 0 Å². The smallest absolute Gasteiger partial charge is 0.119 e. The second kappa shape index (κ2) is 11.2. The van der Waals surface area contributed by atoms with Crippen LogP contribution in [0.25, 0.3) is 11.1 Å². The zero-order chi connectivity index (χ0) is 22.2. The van der Waals surface area contributed by atoms with E-state index in [1.807, 2.05) is 6.08 Å². The predicted molar refractivity (Wildman–Crippen MR) is 137 cm³/mol. The lowest BCUT2D eigenvalue weighted by Crippen LogP contribution is -2.13. The molecular formula is C31H36O. The maximum atomic E-state index is 5.74. The van der Waals surface area contributed by atoms with Gasteiger partial charge in [0, 0.05) is 0 Å². The number of ether oxygens (including phenoxy) is 1. The molecule has 1 atom stereocenters. The predicted octanol–water partition coefficient (Wildman–Crippen LogP) is 8.31. The fourth-order valence-electron chi connectivity index (χ4n) is 4.76. The largest absolute Gasteiger partial charge is 0.493 e. The van der Waals surface area contributed by atoms with Gasteiger partial charge in [0.05, 0.1) is 6.61 Å². The molecule has 1 nitrogen and oxygen atoms in total. The van der Waals surface area contributed by atoms with Gasteiger partial charge < -0.3 is 4.74 Å². The lowest BCUT2D eigenvalue weighted by molar-refractivity contribution is 0.325. The van der Waals surface area contributed by atoms with Crippen molar-refractivity contribution in [3.63, 3.8) is 0 Å². The van der Waals surface area contributed by atoms with Crippen LogP contribution in [0.3, 0.4) is 0 Å². The van der Waals surface area contributed by atoms with Gasteiger partial charge >= 0.3 is 0 Å². The minimum absolute atomic E-state index is 0.644. The molecule has 0 fully saturated rings. The molecule has 0 heterocycles. The van der Waals surface area contributed by atoms with Crippen LogP contribution >= 0.6 is 0 Å². The summed E-state index contributed by atoms with van der Waals surface area (Å²) in [5.74, 6) is 1.57. The number of unbranched alkanes of at least 4 members (excludes halogenated alkanes) is 2. The van der Waals surface area contributed by atoms with Gasteiger partial charge in [0.1, 0.15) is 5.75 Å². The third-order valence-electron chi connectivity index (χ3n) is 6.73. The molecule has 0 saturated carbocycles. The van der Waals surface area contributed by atoms with Gasteiger partial charge in [0.2, 0.25) is 0 Å². The molecule has 0 bridgehead atoms. The average Bonchev–Trinajstić information content (AvgIpc) is 2.85. The molecule has 0 N–H and O–H groups in total. The summed E-state index contributed by atoms with van der Waals surface area (Å²) >= 11 is 0. The van der Waals surface area contributed by atoms with Crippen LogP contribution in [0.5, 0.6) is 5.75 Å². The van der Waals surface area contributed by atoms with E-state index in [1.54, 1.807) is 0 Å². The van der Waals surface area contributed by atoms with Gasteiger partial charge in [-0.05, 0) is 90.0 Å². The molecule has 1 aliphatic rings. The van der Waals surface area contributed by atoms with Gasteiger partial charge in [-0.15, -0.1) is 6.58 Å². The highest BCUT2D eigenvalue weighted by Gasteiger charge is 2.20.